The Bertz CT molecular complexity index is 660. The van der Waals surface area contributed by atoms with Crippen molar-refractivity contribution in [3.8, 4) is 5.75 Å². The van der Waals surface area contributed by atoms with Gasteiger partial charge >= 0.3 is 0 Å². The number of benzene rings is 2. The highest BCUT2D eigenvalue weighted by molar-refractivity contribution is 5.96. The molecule has 0 aliphatic rings. The van der Waals surface area contributed by atoms with Crippen LogP contribution in [-0.4, -0.2) is 5.91 Å². The monoisotopic (exact) mass is 278 g/mol. The Balaban J connectivity index is 2.20. The lowest BCUT2D eigenvalue weighted by molar-refractivity contribution is 0.0996. The SMILES string of the molecule is NC(=O)c1cc(N)ccc1OCc1ccc(F)cc1F. The first kappa shape index (κ1) is 13.8. The summed E-state index contributed by atoms with van der Waals surface area (Å²) in [7, 11) is 0. The van der Waals surface area contributed by atoms with Crippen LogP contribution in [0.15, 0.2) is 36.4 Å². The number of hydrogen-bond donors (Lipinski definition) is 2. The van der Waals surface area contributed by atoms with E-state index in [2.05, 4.69) is 0 Å². The van der Waals surface area contributed by atoms with Gasteiger partial charge in [-0.2, -0.15) is 0 Å². The number of nitrogens with two attached hydrogens (primary N) is 2. The minimum atomic E-state index is -0.721. The fraction of sp³-hybridized carbons (Fsp3) is 0.0714. The van der Waals surface area contributed by atoms with Gasteiger partial charge in [0.2, 0.25) is 0 Å². The molecule has 4 N–H and O–H groups in total. The summed E-state index contributed by atoms with van der Waals surface area (Å²) in [6.45, 7) is -0.156. The number of rotatable bonds is 4. The Kier molecular flexibility index (Phi) is 3.84. The number of nitrogen functional groups attached to an aromatic ring is 1. The van der Waals surface area contributed by atoms with Crippen LogP contribution < -0.4 is 16.2 Å². The Morgan fingerprint density at radius 2 is 1.90 bits per heavy atom. The number of primary amides is 1. The lowest BCUT2D eigenvalue weighted by Gasteiger charge is -2.11. The summed E-state index contributed by atoms with van der Waals surface area (Å²) in [5.74, 6) is -1.90. The summed E-state index contributed by atoms with van der Waals surface area (Å²) in [6.07, 6.45) is 0. The largest absolute Gasteiger partial charge is 0.488 e. The maximum Gasteiger partial charge on any atom is 0.252 e. The number of ether oxygens (including phenoxy) is 1. The summed E-state index contributed by atoms with van der Waals surface area (Å²) in [5, 5.41) is 0. The van der Waals surface area contributed by atoms with E-state index in [4.69, 9.17) is 16.2 Å². The van der Waals surface area contributed by atoms with Crippen LogP contribution in [0.25, 0.3) is 0 Å². The summed E-state index contributed by atoms with van der Waals surface area (Å²) in [6, 6.07) is 7.53. The third-order valence-corrected chi connectivity index (χ3v) is 2.67. The molecular weight excluding hydrogens is 266 g/mol. The molecule has 0 saturated heterocycles. The predicted molar refractivity (Wildman–Crippen MR) is 70.1 cm³/mol. The van der Waals surface area contributed by atoms with Crippen LogP contribution in [0, 0.1) is 11.6 Å². The van der Waals surface area contributed by atoms with Gasteiger partial charge in [0.15, 0.2) is 0 Å². The molecule has 6 heteroatoms. The lowest BCUT2D eigenvalue weighted by atomic mass is 10.1. The zero-order valence-corrected chi connectivity index (χ0v) is 10.4. The number of anilines is 1. The molecule has 2 aromatic carbocycles. The molecule has 2 aromatic rings. The molecule has 0 aromatic heterocycles. The van der Waals surface area contributed by atoms with Gasteiger partial charge in [0, 0.05) is 17.3 Å². The summed E-state index contributed by atoms with van der Waals surface area (Å²) in [5.41, 5.74) is 11.4. The van der Waals surface area contributed by atoms with Crippen molar-refractivity contribution in [2.75, 3.05) is 5.73 Å². The van der Waals surface area contributed by atoms with E-state index in [9.17, 15) is 13.6 Å². The Hall–Kier alpha value is -2.63. The van der Waals surface area contributed by atoms with Crippen molar-refractivity contribution in [3.05, 3.63) is 59.2 Å². The number of carbonyl (C=O) groups is 1. The van der Waals surface area contributed by atoms with Crippen LogP contribution >= 0.6 is 0 Å². The van der Waals surface area contributed by atoms with Gasteiger partial charge in [-0.05, 0) is 30.3 Å². The topological polar surface area (TPSA) is 78.3 Å². The van der Waals surface area contributed by atoms with Crippen LogP contribution in [-0.2, 0) is 6.61 Å². The summed E-state index contributed by atoms with van der Waals surface area (Å²) < 4.78 is 31.6. The Morgan fingerprint density at radius 1 is 1.15 bits per heavy atom. The minimum Gasteiger partial charge on any atom is -0.488 e. The van der Waals surface area contributed by atoms with Crippen LogP contribution in [0.2, 0.25) is 0 Å². The molecule has 0 heterocycles. The van der Waals surface area contributed by atoms with E-state index in [-0.39, 0.29) is 23.5 Å². The van der Waals surface area contributed by atoms with Gasteiger partial charge in [-0.3, -0.25) is 4.79 Å². The molecule has 0 radical (unpaired) electrons. The number of carbonyl (C=O) groups excluding carboxylic acids is 1. The third-order valence-electron chi connectivity index (χ3n) is 2.67. The second-order valence-corrected chi connectivity index (χ2v) is 4.14. The molecule has 1 amide bonds. The molecule has 104 valence electrons. The van der Waals surface area contributed by atoms with E-state index in [0.29, 0.717) is 5.69 Å². The second-order valence-electron chi connectivity index (χ2n) is 4.14. The van der Waals surface area contributed by atoms with Gasteiger partial charge in [0.25, 0.3) is 5.91 Å². The average molecular weight is 278 g/mol. The van der Waals surface area contributed by atoms with E-state index >= 15 is 0 Å². The van der Waals surface area contributed by atoms with Crippen LogP contribution in [0.3, 0.4) is 0 Å². The van der Waals surface area contributed by atoms with Crippen molar-refractivity contribution in [1.29, 1.82) is 0 Å². The quantitative estimate of drug-likeness (QED) is 0.842. The Labute approximate surface area is 114 Å². The Morgan fingerprint density at radius 3 is 2.55 bits per heavy atom. The zero-order chi connectivity index (χ0) is 14.7. The molecule has 0 aliphatic heterocycles. The van der Waals surface area contributed by atoms with Gasteiger partial charge in [0.05, 0.1) is 5.56 Å². The molecule has 4 nitrogen and oxygen atoms in total. The normalized spacial score (nSPS) is 10.3. The van der Waals surface area contributed by atoms with E-state index in [1.807, 2.05) is 0 Å². The molecule has 0 fully saturated rings. The first-order chi connectivity index (χ1) is 9.47. The van der Waals surface area contributed by atoms with E-state index in [1.54, 1.807) is 0 Å². The molecule has 0 bridgehead atoms. The fourth-order valence-electron chi connectivity index (χ4n) is 1.66. The minimum absolute atomic E-state index is 0.104. The highest BCUT2D eigenvalue weighted by Gasteiger charge is 2.11. The standard InChI is InChI=1S/C14H12F2N2O2/c15-9-2-1-8(12(16)5-9)7-20-13-4-3-10(17)6-11(13)14(18)19/h1-6H,7,17H2,(H2,18,19). The van der Waals surface area contributed by atoms with Crippen molar-refractivity contribution < 1.29 is 18.3 Å². The molecular formula is C14H12F2N2O2. The first-order valence-electron chi connectivity index (χ1n) is 5.73. The highest BCUT2D eigenvalue weighted by Crippen LogP contribution is 2.22. The lowest BCUT2D eigenvalue weighted by Crippen LogP contribution is -2.13. The summed E-state index contributed by atoms with van der Waals surface area (Å²) in [4.78, 5) is 11.3. The predicted octanol–water partition coefficient (Wildman–Crippen LogP) is 2.22. The molecule has 2 rings (SSSR count). The molecule has 0 atom stereocenters. The van der Waals surface area contributed by atoms with E-state index in [1.165, 1.54) is 24.3 Å². The molecule has 0 unspecified atom stereocenters. The van der Waals surface area contributed by atoms with Crippen LogP contribution in [0.5, 0.6) is 5.75 Å². The van der Waals surface area contributed by atoms with Crippen molar-refractivity contribution in [1.82, 2.24) is 0 Å². The van der Waals surface area contributed by atoms with E-state index in [0.717, 1.165) is 12.1 Å². The average Bonchev–Trinajstić information content (AvgIpc) is 2.38. The molecule has 0 aliphatic carbocycles. The van der Waals surface area contributed by atoms with Gasteiger partial charge in [0.1, 0.15) is 24.0 Å². The molecule has 0 saturated carbocycles. The van der Waals surface area contributed by atoms with E-state index < -0.39 is 17.5 Å². The van der Waals surface area contributed by atoms with Crippen molar-refractivity contribution >= 4 is 11.6 Å². The van der Waals surface area contributed by atoms with Crippen molar-refractivity contribution in [2.24, 2.45) is 5.73 Å². The highest BCUT2D eigenvalue weighted by atomic mass is 19.1. The maximum atomic E-state index is 13.4. The van der Waals surface area contributed by atoms with Gasteiger partial charge in [-0.15, -0.1) is 0 Å². The number of halogens is 2. The van der Waals surface area contributed by atoms with Crippen LogP contribution in [0.1, 0.15) is 15.9 Å². The number of hydrogen-bond acceptors (Lipinski definition) is 3. The van der Waals surface area contributed by atoms with Gasteiger partial charge in [-0.1, -0.05) is 0 Å². The summed E-state index contributed by atoms with van der Waals surface area (Å²) >= 11 is 0. The maximum absolute atomic E-state index is 13.4. The second kappa shape index (κ2) is 5.56. The van der Waals surface area contributed by atoms with Crippen molar-refractivity contribution in [2.45, 2.75) is 6.61 Å². The molecule has 0 spiro atoms. The molecule has 20 heavy (non-hydrogen) atoms. The van der Waals surface area contributed by atoms with Crippen molar-refractivity contribution in [3.63, 3.8) is 0 Å². The fourth-order valence-corrected chi connectivity index (χ4v) is 1.66. The van der Waals surface area contributed by atoms with Gasteiger partial charge in [-0.25, -0.2) is 8.78 Å². The third kappa shape index (κ3) is 3.03. The van der Waals surface area contributed by atoms with Crippen LogP contribution in [0.4, 0.5) is 14.5 Å². The number of amides is 1. The first-order valence-corrected chi connectivity index (χ1v) is 5.73. The van der Waals surface area contributed by atoms with Gasteiger partial charge < -0.3 is 16.2 Å². The smallest absolute Gasteiger partial charge is 0.252 e. The zero-order valence-electron chi connectivity index (χ0n) is 10.4.